The van der Waals surface area contributed by atoms with Crippen LogP contribution in [0.25, 0.3) is 10.9 Å². The number of hydrogen-bond donors (Lipinski definition) is 1. The first-order valence-corrected chi connectivity index (χ1v) is 12.7. The largest absolute Gasteiger partial charge is 0.489 e. The summed E-state index contributed by atoms with van der Waals surface area (Å²) in [5.41, 5.74) is 3.77. The minimum atomic E-state index is -1.04. The van der Waals surface area contributed by atoms with Gasteiger partial charge in [0.15, 0.2) is 5.78 Å². The van der Waals surface area contributed by atoms with Gasteiger partial charge in [0.2, 0.25) is 0 Å². The highest BCUT2D eigenvalue weighted by atomic mass is 16.5. The van der Waals surface area contributed by atoms with Crippen LogP contribution in [0.2, 0.25) is 0 Å². The molecule has 8 nitrogen and oxygen atoms in total. The van der Waals surface area contributed by atoms with Crippen molar-refractivity contribution in [1.82, 2.24) is 15.0 Å². The summed E-state index contributed by atoms with van der Waals surface area (Å²) in [5.74, 6) is -2.62. The zero-order chi connectivity index (χ0) is 26.8. The van der Waals surface area contributed by atoms with Crippen LogP contribution in [-0.4, -0.2) is 31.9 Å². The van der Waals surface area contributed by atoms with Crippen molar-refractivity contribution in [3.05, 3.63) is 99.3 Å². The highest BCUT2D eigenvalue weighted by molar-refractivity contribution is 6.00. The lowest BCUT2D eigenvalue weighted by Crippen LogP contribution is -2.34. The normalized spacial score (nSPS) is 18.9. The van der Waals surface area contributed by atoms with E-state index >= 15 is 0 Å². The summed E-state index contributed by atoms with van der Waals surface area (Å²) >= 11 is 0. The van der Waals surface area contributed by atoms with Gasteiger partial charge in [-0.2, -0.15) is 0 Å². The van der Waals surface area contributed by atoms with Crippen LogP contribution in [0.1, 0.15) is 39.9 Å². The van der Waals surface area contributed by atoms with Crippen molar-refractivity contribution < 1.29 is 19.4 Å². The molecule has 0 bridgehead atoms. The molecule has 1 saturated carbocycles. The lowest BCUT2D eigenvalue weighted by atomic mass is 9.84. The fraction of sp³-hybridized carbons (Fsp3) is 0.300. The molecule has 0 spiro atoms. The van der Waals surface area contributed by atoms with Crippen LogP contribution >= 0.6 is 0 Å². The van der Waals surface area contributed by atoms with Gasteiger partial charge in [-0.25, -0.2) is 4.68 Å². The number of carbonyl (C=O) groups excluding carboxylic acids is 1. The Kier molecular flexibility index (Phi) is 7.05. The zero-order valence-corrected chi connectivity index (χ0v) is 21.3. The number of fused-ring (bicyclic) bond motifs is 1. The average molecular weight is 512 g/mol. The summed E-state index contributed by atoms with van der Waals surface area (Å²) in [7, 11) is 0. The molecule has 0 saturated heterocycles. The van der Waals surface area contributed by atoms with Gasteiger partial charge in [0.25, 0.3) is 5.56 Å². The quantitative estimate of drug-likeness (QED) is 0.344. The maximum Gasteiger partial charge on any atom is 0.307 e. The van der Waals surface area contributed by atoms with E-state index in [4.69, 9.17) is 4.74 Å². The summed E-state index contributed by atoms with van der Waals surface area (Å²) in [6, 6.07) is 20.2. The van der Waals surface area contributed by atoms with Gasteiger partial charge < -0.3 is 9.84 Å². The van der Waals surface area contributed by atoms with E-state index in [-0.39, 0.29) is 17.9 Å². The fourth-order valence-corrected chi connectivity index (χ4v) is 5.38. The second kappa shape index (κ2) is 10.6. The third-order valence-electron chi connectivity index (χ3n) is 7.32. The Morgan fingerprint density at radius 3 is 2.50 bits per heavy atom. The van der Waals surface area contributed by atoms with Crippen molar-refractivity contribution in [2.45, 2.75) is 39.8 Å². The Balaban J connectivity index is 1.29. The van der Waals surface area contributed by atoms with E-state index < -0.39 is 23.7 Å². The second-order valence-electron chi connectivity index (χ2n) is 10.1. The molecule has 3 aromatic carbocycles. The molecule has 1 heterocycles. The maximum absolute atomic E-state index is 13.4. The van der Waals surface area contributed by atoms with Gasteiger partial charge in [0.1, 0.15) is 17.9 Å². The third kappa shape index (κ3) is 5.20. The lowest BCUT2D eigenvalue weighted by Gasteiger charge is -2.20. The van der Waals surface area contributed by atoms with Crippen LogP contribution in [-0.2, 0) is 17.9 Å². The van der Waals surface area contributed by atoms with Crippen molar-refractivity contribution in [3.63, 3.8) is 0 Å². The summed E-state index contributed by atoms with van der Waals surface area (Å²) in [4.78, 5) is 38.7. The molecule has 1 fully saturated rings. The molecule has 1 N–H and O–H groups in total. The van der Waals surface area contributed by atoms with Crippen LogP contribution in [0.5, 0.6) is 5.75 Å². The van der Waals surface area contributed by atoms with Gasteiger partial charge in [-0.3, -0.25) is 14.4 Å². The van der Waals surface area contributed by atoms with Crippen molar-refractivity contribution in [3.8, 4) is 5.75 Å². The summed E-state index contributed by atoms with van der Waals surface area (Å²) < 4.78 is 7.08. The smallest absolute Gasteiger partial charge is 0.307 e. The molecular weight excluding hydrogens is 482 g/mol. The van der Waals surface area contributed by atoms with Crippen LogP contribution in [0.15, 0.2) is 71.5 Å². The molecule has 3 atom stereocenters. The van der Waals surface area contributed by atoms with Crippen LogP contribution in [0, 0.1) is 31.6 Å². The van der Waals surface area contributed by atoms with E-state index in [2.05, 4.69) is 16.4 Å². The molecule has 1 aromatic heterocycles. The molecule has 38 heavy (non-hydrogen) atoms. The van der Waals surface area contributed by atoms with Gasteiger partial charge in [-0.05, 0) is 74.6 Å². The van der Waals surface area contributed by atoms with Crippen molar-refractivity contribution in [2.24, 2.45) is 17.8 Å². The van der Waals surface area contributed by atoms with Gasteiger partial charge in [0.05, 0.1) is 17.8 Å². The van der Waals surface area contributed by atoms with Crippen molar-refractivity contribution in [1.29, 1.82) is 0 Å². The van der Waals surface area contributed by atoms with E-state index in [1.807, 2.05) is 38.1 Å². The average Bonchev–Trinajstić information content (AvgIpc) is 3.33. The topological polar surface area (TPSA) is 111 Å². The van der Waals surface area contributed by atoms with Crippen LogP contribution in [0.4, 0.5) is 0 Å². The van der Waals surface area contributed by atoms with E-state index in [9.17, 15) is 19.5 Å². The van der Waals surface area contributed by atoms with Crippen molar-refractivity contribution in [2.75, 3.05) is 0 Å². The standard InChI is InChI=1S/C30H29N3O5/c1-18-4-3-5-20(14-18)17-38-23-10-7-21(8-11-23)28(34)24-12-9-22(27(24)30(36)37)16-33-29(35)25-15-19(2)6-13-26(25)31-32-33/h3-8,10-11,13-15,22,24,27H,9,12,16-17H2,1-2H3,(H,36,37). The maximum atomic E-state index is 13.4. The minimum Gasteiger partial charge on any atom is -0.489 e. The Morgan fingerprint density at radius 1 is 1.00 bits per heavy atom. The molecular formula is C30H29N3O5. The second-order valence-corrected chi connectivity index (χ2v) is 10.1. The Labute approximate surface area is 219 Å². The Bertz CT molecular complexity index is 1560. The van der Waals surface area contributed by atoms with Gasteiger partial charge >= 0.3 is 5.97 Å². The number of hydrogen-bond acceptors (Lipinski definition) is 6. The number of benzene rings is 3. The molecule has 5 rings (SSSR count). The number of aryl methyl sites for hydroxylation is 2. The molecule has 0 aliphatic heterocycles. The molecule has 0 amide bonds. The molecule has 194 valence electrons. The van der Waals surface area contributed by atoms with Crippen LogP contribution in [0.3, 0.4) is 0 Å². The number of nitrogens with zero attached hydrogens (tertiary/aromatic N) is 3. The molecule has 4 aromatic rings. The summed E-state index contributed by atoms with van der Waals surface area (Å²) in [6.07, 6.45) is 0.936. The highest BCUT2D eigenvalue weighted by Crippen LogP contribution is 2.40. The Hall–Kier alpha value is -4.33. The predicted octanol–water partition coefficient (Wildman–Crippen LogP) is 4.60. The van der Waals surface area contributed by atoms with Crippen LogP contribution < -0.4 is 10.3 Å². The first kappa shape index (κ1) is 25.3. The number of ether oxygens (including phenoxy) is 1. The first-order chi connectivity index (χ1) is 18.3. The summed E-state index contributed by atoms with van der Waals surface area (Å²) in [5, 5.41) is 18.7. The monoisotopic (exact) mass is 511 g/mol. The molecule has 1 aliphatic carbocycles. The number of aliphatic carboxylic acids is 1. The number of rotatable bonds is 8. The number of carbonyl (C=O) groups is 2. The van der Waals surface area contributed by atoms with Gasteiger partial charge in [-0.1, -0.05) is 46.7 Å². The van der Waals surface area contributed by atoms with Gasteiger partial charge in [-0.15, -0.1) is 5.10 Å². The van der Waals surface area contributed by atoms with E-state index in [0.29, 0.717) is 41.7 Å². The number of carboxylic acids is 1. The van der Waals surface area contributed by atoms with E-state index in [1.54, 1.807) is 36.4 Å². The van der Waals surface area contributed by atoms with Gasteiger partial charge in [0, 0.05) is 11.5 Å². The number of carboxylic acid groups (broad SMARTS) is 1. The van der Waals surface area contributed by atoms with E-state index in [0.717, 1.165) is 16.7 Å². The molecule has 1 aliphatic rings. The molecule has 0 radical (unpaired) electrons. The van der Waals surface area contributed by atoms with E-state index in [1.165, 1.54) is 4.68 Å². The predicted molar refractivity (Wildman–Crippen MR) is 142 cm³/mol. The third-order valence-corrected chi connectivity index (χ3v) is 7.32. The first-order valence-electron chi connectivity index (χ1n) is 12.7. The Morgan fingerprint density at radius 2 is 1.76 bits per heavy atom. The van der Waals surface area contributed by atoms with Crippen molar-refractivity contribution >= 4 is 22.7 Å². The number of ketones is 1. The SMILES string of the molecule is Cc1cccc(COc2ccc(C(=O)C3CCC(Cn4nnc5ccc(C)cc5c4=O)C3C(=O)O)cc2)c1. The number of aromatic nitrogens is 3. The molecule has 8 heteroatoms. The lowest BCUT2D eigenvalue weighted by molar-refractivity contribution is -0.144. The highest BCUT2D eigenvalue weighted by Gasteiger charge is 2.45. The zero-order valence-electron chi connectivity index (χ0n) is 21.3. The minimum absolute atomic E-state index is 0.0994. The summed E-state index contributed by atoms with van der Waals surface area (Å²) in [6.45, 7) is 4.43. The molecule has 3 unspecified atom stereocenters. The number of Topliss-reactive ketones (excluding diaryl/α,β-unsaturated/α-hetero) is 1. The fourth-order valence-electron chi connectivity index (χ4n) is 5.38.